The lowest BCUT2D eigenvalue weighted by Crippen LogP contribution is -2.31. The maximum atomic E-state index is 11.3. The number of rotatable bonds is 2. The van der Waals surface area contributed by atoms with E-state index < -0.39 is 0 Å². The molecule has 4 heteroatoms. The summed E-state index contributed by atoms with van der Waals surface area (Å²) in [5.41, 5.74) is 0. The molecule has 0 radical (unpaired) electrons. The Morgan fingerprint density at radius 1 is 1.73 bits per heavy atom. The van der Waals surface area contributed by atoms with Crippen molar-refractivity contribution in [3.05, 3.63) is 11.0 Å². The van der Waals surface area contributed by atoms with Crippen molar-refractivity contribution in [1.82, 2.24) is 4.90 Å². The van der Waals surface area contributed by atoms with Crippen LogP contribution in [0.25, 0.3) is 0 Å². The largest absolute Gasteiger partial charge is 0.358 e. The Balaban J connectivity index is 2.76. The monoisotopic (exact) mass is 173 g/mol. The fourth-order valence-corrected chi connectivity index (χ4v) is 1.55. The van der Waals surface area contributed by atoms with E-state index in [0.29, 0.717) is 0 Å². The molecule has 0 aromatic rings. The standard InChI is InChI=1S/C7H11NO2S/c1-8-6(10-2)4-5(11-3)7(8)9/h4,6H,1-3H3. The second-order valence-electron chi connectivity index (χ2n) is 2.28. The summed E-state index contributed by atoms with van der Waals surface area (Å²) >= 11 is 1.45. The fourth-order valence-electron chi connectivity index (χ4n) is 0.983. The summed E-state index contributed by atoms with van der Waals surface area (Å²) in [5.74, 6) is 0.0457. The van der Waals surface area contributed by atoms with Gasteiger partial charge in [-0.1, -0.05) is 0 Å². The van der Waals surface area contributed by atoms with E-state index in [9.17, 15) is 4.79 Å². The highest BCUT2D eigenvalue weighted by Gasteiger charge is 2.28. The van der Waals surface area contributed by atoms with E-state index in [2.05, 4.69) is 0 Å². The van der Waals surface area contributed by atoms with Crippen molar-refractivity contribution in [2.45, 2.75) is 6.23 Å². The highest BCUT2D eigenvalue weighted by Crippen LogP contribution is 2.23. The van der Waals surface area contributed by atoms with Gasteiger partial charge in [-0.05, 0) is 12.3 Å². The molecule has 3 nitrogen and oxygen atoms in total. The van der Waals surface area contributed by atoms with E-state index in [0.717, 1.165) is 4.91 Å². The first kappa shape index (κ1) is 8.62. The molecule has 11 heavy (non-hydrogen) atoms. The molecule has 1 atom stereocenters. The maximum absolute atomic E-state index is 11.3. The third-order valence-electron chi connectivity index (χ3n) is 1.67. The van der Waals surface area contributed by atoms with Crippen molar-refractivity contribution in [3.63, 3.8) is 0 Å². The van der Waals surface area contributed by atoms with Gasteiger partial charge in [0.25, 0.3) is 5.91 Å². The first-order valence-electron chi connectivity index (χ1n) is 3.26. The van der Waals surface area contributed by atoms with Crippen LogP contribution in [0.3, 0.4) is 0 Å². The molecule has 0 bridgehead atoms. The van der Waals surface area contributed by atoms with Crippen LogP contribution in [0.5, 0.6) is 0 Å². The van der Waals surface area contributed by atoms with Crippen molar-refractivity contribution >= 4 is 17.7 Å². The van der Waals surface area contributed by atoms with Crippen LogP contribution in [0.15, 0.2) is 11.0 Å². The van der Waals surface area contributed by atoms with E-state index in [4.69, 9.17) is 4.74 Å². The lowest BCUT2D eigenvalue weighted by Gasteiger charge is -2.16. The van der Waals surface area contributed by atoms with Crippen molar-refractivity contribution < 1.29 is 9.53 Å². The Kier molecular flexibility index (Phi) is 2.57. The van der Waals surface area contributed by atoms with E-state index in [1.165, 1.54) is 11.8 Å². The normalized spacial score (nSPS) is 24.3. The highest BCUT2D eigenvalue weighted by molar-refractivity contribution is 8.03. The molecule has 0 aromatic carbocycles. The zero-order valence-electron chi connectivity index (χ0n) is 6.83. The molecule has 1 heterocycles. The number of methoxy groups -OCH3 is 1. The number of thioether (sulfide) groups is 1. The number of hydrogen-bond donors (Lipinski definition) is 0. The zero-order chi connectivity index (χ0) is 8.43. The van der Waals surface area contributed by atoms with Crippen LogP contribution in [0, 0.1) is 0 Å². The molecule has 1 rings (SSSR count). The minimum atomic E-state index is -0.176. The molecule has 0 spiro atoms. The summed E-state index contributed by atoms with van der Waals surface area (Å²) in [5, 5.41) is 0. The van der Waals surface area contributed by atoms with Gasteiger partial charge in [0.05, 0.1) is 4.91 Å². The Bertz CT molecular complexity index is 203. The summed E-state index contributed by atoms with van der Waals surface area (Å²) < 4.78 is 5.04. The van der Waals surface area contributed by atoms with Gasteiger partial charge in [-0.25, -0.2) is 0 Å². The van der Waals surface area contributed by atoms with Gasteiger partial charge in [-0.3, -0.25) is 4.79 Å². The Labute approximate surface area is 70.4 Å². The molecular formula is C7H11NO2S. The van der Waals surface area contributed by atoms with Crippen LogP contribution in [0.1, 0.15) is 0 Å². The van der Waals surface area contributed by atoms with Gasteiger partial charge in [0.15, 0.2) is 6.23 Å². The molecule has 0 aromatic heterocycles. The molecule has 0 saturated carbocycles. The lowest BCUT2D eigenvalue weighted by molar-refractivity contribution is -0.130. The van der Waals surface area contributed by atoms with Gasteiger partial charge < -0.3 is 9.64 Å². The van der Waals surface area contributed by atoms with E-state index >= 15 is 0 Å². The van der Waals surface area contributed by atoms with Crippen LogP contribution in [0.2, 0.25) is 0 Å². The second-order valence-corrected chi connectivity index (χ2v) is 3.13. The molecule has 1 amide bonds. The average molecular weight is 173 g/mol. The number of carbonyl (C=O) groups is 1. The fraction of sp³-hybridized carbons (Fsp3) is 0.571. The summed E-state index contributed by atoms with van der Waals surface area (Å²) in [6.07, 6.45) is 3.53. The Morgan fingerprint density at radius 3 is 2.64 bits per heavy atom. The molecule has 1 aliphatic rings. The number of hydrogen-bond acceptors (Lipinski definition) is 3. The number of likely N-dealkylation sites (N-methyl/N-ethyl adjacent to an activating group) is 1. The molecule has 62 valence electrons. The van der Waals surface area contributed by atoms with Crippen LogP contribution in [-0.2, 0) is 9.53 Å². The summed E-state index contributed by atoms with van der Waals surface area (Å²) in [7, 11) is 3.32. The minimum Gasteiger partial charge on any atom is -0.358 e. The summed E-state index contributed by atoms with van der Waals surface area (Å²) in [4.78, 5) is 13.6. The smallest absolute Gasteiger partial charge is 0.262 e. The molecule has 0 aliphatic carbocycles. The predicted octanol–water partition coefficient (Wildman–Crippen LogP) is 0.678. The Morgan fingerprint density at radius 2 is 2.36 bits per heavy atom. The molecule has 0 saturated heterocycles. The van der Waals surface area contributed by atoms with Crippen molar-refractivity contribution in [2.24, 2.45) is 0 Å². The molecule has 1 aliphatic heterocycles. The highest BCUT2D eigenvalue weighted by atomic mass is 32.2. The van der Waals surface area contributed by atoms with E-state index in [1.807, 2.05) is 12.3 Å². The van der Waals surface area contributed by atoms with Crippen LogP contribution in [-0.4, -0.2) is 37.4 Å². The molecular weight excluding hydrogens is 162 g/mol. The number of nitrogens with zero attached hydrogens (tertiary/aromatic N) is 1. The zero-order valence-corrected chi connectivity index (χ0v) is 7.64. The Hall–Kier alpha value is -0.480. The van der Waals surface area contributed by atoms with Crippen LogP contribution < -0.4 is 0 Å². The number of carbonyl (C=O) groups excluding carboxylic acids is 1. The quantitative estimate of drug-likeness (QED) is 0.615. The van der Waals surface area contributed by atoms with Crippen molar-refractivity contribution in [2.75, 3.05) is 20.4 Å². The van der Waals surface area contributed by atoms with E-state index in [-0.39, 0.29) is 12.1 Å². The number of amides is 1. The SMILES string of the molecule is COC1C=C(SC)C(=O)N1C. The van der Waals surface area contributed by atoms with Gasteiger partial charge in [-0.15, -0.1) is 11.8 Å². The van der Waals surface area contributed by atoms with E-state index in [1.54, 1.807) is 19.1 Å². The van der Waals surface area contributed by atoms with Crippen molar-refractivity contribution in [1.29, 1.82) is 0 Å². The topological polar surface area (TPSA) is 29.5 Å². The maximum Gasteiger partial charge on any atom is 0.262 e. The predicted molar refractivity (Wildman–Crippen MR) is 45.2 cm³/mol. The first-order chi connectivity index (χ1) is 5.20. The first-order valence-corrected chi connectivity index (χ1v) is 4.49. The van der Waals surface area contributed by atoms with Gasteiger partial charge in [0, 0.05) is 14.2 Å². The summed E-state index contributed by atoms with van der Waals surface area (Å²) in [6.45, 7) is 0. The number of ether oxygens (including phenoxy) is 1. The molecule has 1 unspecified atom stereocenters. The van der Waals surface area contributed by atoms with Crippen molar-refractivity contribution in [3.8, 4) is 0 Å². The average Bonchev–Trinajstić information content (AvgIpc) is 2.30. The third kappa shape index (κ3) is 1.41. The van der Waals surface area contributed by atoms with Gasteiger partial charge >= 0.3 is 0 Å². The second kappa shape index (κ2) is 3.28. The molecule has 0 N–H and O–H groups in total. The minimum absolute atomic E-state index is 0.0457. The molecule has 0 fully saturated rings. The van der Waals surface area contributed by atoms with Crippen LogP contribution in [0.4, 0.5) is 0 Å². The van der Waals surface area contributed by atoms with Crippen LogP contribution >= 0.6 is 11.8 Å². The van der Waals surface area contributed by atoms with Gasteiger partial charge in [0.1, 0.15) is 0 Å². The lowest BCUT2D eigenvalue weighted by atomic mass is 10.5. The third-order valence-corrected chi connectivity index (χ3v) is 2.42. The van der Waals surface area contributed by atoms with Gasteiger partial charge in [-0.2, -0.15) is 0 Å². The summed E-state index contributed by atoms with van der Waals surface area (Å²) in [6, 6.07) is 0. The van der Waals surface area contributed by atoms with Gasteiger partial charge in [0.2, 0.25) is 0 Å².